The maximum absolute atomic E-state index is 14.2. The number of fused-ring (bicyclic) bond motifs is 3. The van der Waals surface area contributed by atoms with Crippen LogP contribution in [0.2, 0.25) is 0 Å². The van der Waals surface area contributed by atoms with Gasteiger partial charge in [-0.3, -0.25) is 19.3 Å². The van der Waals surface area contributed by atoms with Crippen molar-refractivity contribution in [1.29, 1.82) is 0 Å². The SMILES string of the molecule is C[C@H]1c2ccc(NC(=O)CNC(=O)CCC[PH](c3ccccc3)(c3ccccc3)c3ccccc3)c(O)c2C(=O)C2=C(O)[C@]3(O)C(=O)C(C(N)=O)=C(O)[C@@H](N(C)C)[C@@H]3[C@@H](O)[C@@H]21. The number of aliphatic hydroxyl groups is 4. The Labute approximate surface area is 352 Å². The topological polar surface area (TPSA) is 240 Å². The normalized spacial score (nSPS) is 23.8. The van der Waals surface area contributed by atoms with Gasteiger partial charge in [-0.1, -0.05) is 6.92 Å². The van der Waals surface area contributed by atoms with E-state index in [9.17, 15) is 49.5 Å². The number of hydrogen-bond acceptors (Lipinski definition) is 11. The average Bonchev–Trinajstić information content (AvgIpc) is 3.24. The number of anilines is 1. The van der Waals surface area contributed by atoms with Gasteiger partial charge in [-0.05, 0) is 20.0 Å². The molecule has 0 unspecified atom stereocenters. The number of Topliss-reactive ketones (excluding diaryl/α,β-unsaturated/α-hetero) is 2. The Balaban J connectivity index is 1.08. The number of carbonyl (C=O) groups is 5. The van der Waals surface area contributed by atoms with E-state index in [4.69, 9.17) is 5.73 Å². The number of nitrogens with two attached hydrogens (primary N) is 1. The van der Waals surface area contributed by atoms with Gasteiger partial charge < -0.3 is 26.2 Å². The number of nitrogens with zero attached hydrogens (tertiary/aromatic N) is 1. The van der Waals surface area contributed by atoms with Gasteiger partial charge in [0.25, 0.3) is 5.91 Å². The number of hydrogen-bond donors (Lipinski definition) is 8. The van der Waals surface area contributed by atoms with Gasteiger partial charge in [0.2, 0.25) is 5.78 Å². The van der Waals surface area contributed by atoms with E-state index in [2.05, 4.69) is 47.0 Å². The number of likely N-dealkylation sites (N-methyl/N-ethyl adjacent to an activating group) is 1. The Bertz CT molecular complexity index is 2380. The quantitative estimate of drug-likeness (QED) is 0.0584. The van der Waals surface area contributed by atoms with Crippen LogP contribution in [0.4, 0.5) is 5.69 Å². The first-order chi connectivity index (χ1) is 29.1. The van der Waals surface area contributed by atoms with Crippen LogP contribution in [0.25, 0.3) is 0 Å². The number of ketones is 2. The number of aliphatic hydroxyl groups excluding tert-OH is 3. The third kappa shape index (κ3) is 7.09. The Morgan fingerprint density at radius 3 is 1.87 bits per heavy atom. The zero-order valence-electron chi connectivity index (χ0n) is 33.8. The van der Waals surface area contributed by atoms with Crippen LogP contribution in [0.15, 0.2) is 126 Å². The molecule has 0 spiro atoms. The van der Waals surface area contributed by atoms with Crippen molar-refractivity contribution in [3.63, 3.8) is 0 Å². The zero-order chi connectivity index (χ0) is 44.0. The summed E-state index contributed by atoms with van der Waals surface area (Å²) in [5, 5.41) is 66.7. The van der Waals surface area contributed by atoms with Gasteiger partial charge >= 0.3 is 217 Å². The fraction of sp³-hybridized carbons (Fsp3) is 0.283. The van der Waals surface area contributed by atoms with Crippen LogP contribution in [0.3, 0.4) is 0 Å². The molecule has 9 N–H and O–H groups in total. The van der Waals surface area contributed by atoms with Gasteiger partial charge in [0.15, 0.2) is 5.60 Å². The first kappa shape index (κ1) is 42.9. The standard InChI is InChI=1S/C46H49N4O10P/c1-25-29-21-22-30(39(53)34(29)40(54)35-33(25)41(55)37-38(50(2)3)42(56)36(45(47)59)44(58)46(37,60)43(35)57)49-32(52)24-48-31(51)20-13-23-61(26-14-7-4-8-15-26,27-16-9-5-10-17-27)28-18-11-6-12-19-28/h4-12,14-19,21-22,25,33,37-38,41,53,55-57,60-61H,13,20,23-24H2,1-3H3,(H2,47,59)(H,48,51)(H,49,52)/t25-,33+,37+,38-,41-,46-/m0/s1. The smallest absolute Gasteiger partial charge is 0.510 e. The Kier molecular flexibility index (Phi) is 11.8. The van der Waals surface area contributed by atoms with E-state index >= 15 is 0 Å². The fourth-order valence-corrected chi connectivity index (χ4v) is 14.7. The summed E-state index contributed by atoms with van der Waals surface area (Å²) in [6.07, 6.45) is -0.355. The number of primary amides is 1. The summed E-state index contributed by atoms with van der Waals surface area (Å²) in [5.74, 6) is -11.3. The number of rotatable bonds is 12. The molecule has 14 nitrogen and oxygen atoms in total. The molecule has 3 aliphatic rings. The minimum atomic E-state index is -3.06. The number of aromatic hydroxyl groups is 1. The molecule has 0 radical (unpaired) electrons. The van der Waals surface area contributed by atoms with E-state index < -0.39 is 101 Å². The molecule has 4 aromatic carbocycles. The third-order valence-electron chi connectivity index (χ3n) is 12.6. The zero-order valence-corrected chi connectivity index (χ0v) is 34.8. The number of carbonyl (C=O) groups excluding carboxylic acids is 5. The van der Waals surface area contributed by atoms with E-state index in [-0.39, 0.29) is 29.1 Å². The van der Waals surface area contributed by atoms with E-state index in [1.807, 2.05) is 54.6 Å². The van der Waals surface area contributed by atoms with Crippen LogP contribution in [0.1, 0.15) is 41.6 Å². The number of benzene rings is 4. The minimum Gasteiger partial charge on any atom is -0.510 e. The van der Waals surface area contributed by atoms with Crippen LogP contribution in [0.5, 0.6) is 5.75 Å². The Morgan fingerprint density at radius 2 is 1.36 bits per heavy atom. The molecule has 15 heteroatoms. The fourth-order valence-electron chi connectivity index (χ4n) is 9.80. The van der Waals surface area contributed by atoms with E-state index in [1.54, 1.807) is 6.92 Å². The van der Waals surface area contributed by atoms with E-state index in [0.29, 0.717) is 6.42 Å². The summed E-state index contributed by atoms with van der Waals surface area (Å²) in [7, 11) is 0.336. The predicted molar refractivity (Wildman–Crippen MR) is 232 cm³/mol. The molecule has 3 aliphatic carbocycles. The van der Waals surface area contributed by atoms with Crippen molar-refractivity contribution in [2.24, 2.45) is 17.6 Å². The first-order valence-electron chi connectivity index (χ1n) is 20.0. The van der Waals surface area contributed by atoms with Crippen molar-refractivity contribution in [2.45, 2.75) is 43.4 Å². The summed E-state index contributed by atoms with van der Waals surface area (Å²) in [6, 6.07) is 32.3. The predicted octanol–water partition coefficient (Wildman–Crippen LogP) is 2.21. The van der Waals surface area contributed by atoms with Crippen LogP contribution < -0.4 is 32.3 Å². The van der Waals surface area contributed by atoms with Gasteiger partial charge in [0, 0.05) is 11.5 Å². The van der Waals surface area contributed by atoms with Gasteiger partial charge in [0.1, 0.15) is 17.1 Å². The molecule has 61 heavy (non-hydrogen) atoms. The van der Waals surface area contributed by atoms with Gasteiger partial charge in [-0.25, -0.2) is 0 Å². The summed E-state index contributed by atoms with van der Waals surface area (Å²) in [4.78, 5) is 68.0. The first-order valence-corrected chi connectivity index (χ1v) is 22.2. The van der Waals surface area contributed by atoms with Crippen LogP contribution >= 0.6 is 7.26 Å². The number of phenols is 1. The molecule has 7 rings (SSSR count). The van der Waals surface area contributed by atoms with Crippen molar-refractivity contribution >= 4 is 58.2 Å². The Hall–Kier alpha value is -6.18. The van der Waals surface area contributed by atoms with Gasteiger partial charge in [0.05, 0.1) is 18.1 Å². The molecular formula is C46H49N4O10P. The van der Waals surface area contributed by atoms with Crippen molar-refractivity contribution in [3.8, 4) is 5.75 Å². The summed E-state index contributed by atoms with van der Waals surface area (Å²) in [5.41, 5.74) is 0.463. The van der Waals surface area contributed by atoms with Gasteiger partial charge in [-0.2, -0.15) is 0 Å². The van der Waals surface area contributed by atoms with Crippen molar-refractivity contribution in [3.05, 3.63) is 137 Å². The molecule has 0 heterocycles. The molecule has 4 aromatic rings. The van der Waals surface area contributed by atoms with Crippen molar-refractivity contribution < 1.29 is 49.5 Å². The number of nitrogens with one attached hydrogen (secondary N) is 2. The molecule has 0 saturated carbocycles. The molecule has 6 atom stereocenters. The molecule has 0 saturated heterocycles. The van der Waals surface area contributed by atoms with E-state index in [1.165, 1.54) is 47.0 Å². The van der Waals surface area contributed by atoms with Gasteiger partial charge in [-0.15, -0.1) is 0 Å². The van der Waals surface area contributed by atoms with Crippen molar-refractivity contribution in [1.82, 2.24) is 10.2 Å². The molecule has 0 aromatic heterocycles. The second-order valence-corrected chi connectivity index (χ2v) is 20.2. The monoisotopic (exact) mass is 848 g/mol. The third-order valence-corrected chi connectivity index (χ3v) is 17.7. The molecule has 318 valence electrons. The molecule has 0 aliphatic heterocycles. The van der Waals surface area contributed by atoms with Crippen LogP contribution in [-0.2, 0) is 19.2 Å². The second kappa shape index (κ2) is 16.7. The van der Waals surface area contributed by atoms with E-state index in [0.717, 1.165) is 6.16 Å². The molecule has 0 bridgehead atoms. The minimum absolute atomic E-state index is 0.137. The van der Waals surface area contributed by atoms with Crippen LogP contribution in [0, 0.1) is 11.8 Å². The molecule has 3 amide bonds. The summed E-state index contributed by atoms with van der Waals surface area (Å²) >= 11 is 0. The summed E-state index contributed by atoms with van der Waals surface area (Å²) < 4.78 is 0. The molecular weight excluding hydrogens is 799 g/mol. The summed E-state index contributed by atoms with van der Waals surface area (Å²) in [6.45, 7) is 1.15. The van der Waals surface area contributed by atoms with Crippen molar-refractivity contribution in [2.75, 3.05) is 32.1 Å². The molecule has 0 fully saturated rings. The average molecular weight is 849 g/mol. The maximum atomic E-state index is 14.2. The number of phenolic OH excluding ortho intramolecular Hbond substituents is 1. The second-order valence-electron chi connectivity index (χ2n) is 16.2. The van der Waals surface area contributed by atoms with Crippen LogP contribution in [-0.4, -0.2) is 104 Å². The Morgan fingerprint density at radius 1 is 0.820 bits per heavy atom. The number of amides is 3.